The first kappa shape index (κ1) is 15.6. The molecule has 1 aliphatic carbocycles. The van der Waals surface area contributed by atoms with Crippen molar-refractivity contribution in [2.24, 2.45) is 10.9 Å². The fraction of sp³-hybridized carbons (Fsp3) is 0.933. The normalized spacial score (nSPS) is 23.1. The summed E-state index contributed by atoms with van der Waals surface area (Å²) in [5.41, 5.74) is 0. The van der Waals surface area contributed by atoms with Crippen molar-refractivity contribution >= 4 is 5.96 Å². The van der Waals surface area contributed by atoms with Crippen molar-refractivity contribution in [3.05, 3.63) is 0 Å². The van der Waals surface area contributed by atoms with Crippen LogP contribution in [0, 0.1) is 5.92 Å². The van der Waals surface area contributed by atoms with Crippen LogP contribution in [0.3, 0.4) is 0 Å². The zero-order valence-electron chi connectivity index (χ0n) is 12.9. The van der Waals surface area contributed by atoms with E-state index in [0.717, 1.165) is 51.2 Å². The second kappa shape index (κ2) is 8.47. The molecular weight excluding hydrogens is 254 g/mol. The number of aliphatic imine (C=N–C) groups is 1. The van der Waals surface area contributed by atoms with Gasteiger partial charge in [0, 0.05) is 40.4 Å². The Kier molecular flexibility index (Phi) is 6.60. The van der Waals surface area contributed by atoms with E-state index in [4.69, 9.17) is 9.47 Å². The highest BCUT2D eigenvalue weighted by atomic mass is 16.5. The Hall–Kier alpha value is -0.810. The molecule has 1 heterocycles. The summed E-state index contributed by atoms with van der Waals surface area (Å²) >= 11 is 0. The molecular formula is C15H29N3O2. The lowest BCUT2D eigenvalue weighted by Crippen LogP contribution is -2.41. The summed E-state index contributed by atoms with van der Waals surface area (Å²) in [6.07, 6.45) is 6.60. The van der Waals surface area contributed by atoms with E-state index >= 15 is 0 Å². The zero-order chi connectivity index (χ0) is 14.2. The quantitative estimate of drug-likeness (QED) is 0.416. The number of hydrogen-bond donors (Lipinski definition) is 1. The van der Waals surface area contributed by atoms with E-state index in [1.54, 1.807) is 0 Å². The molecule has 1 aliphatic heterocycles. The number of nitrogens with one attached hydrogen (secondary N) is 1. The van der Waals surface area contributed by atoms with Crippen molar-refractivity contribution < 1.29 is 9.47 Å². The van der Waals surface area contributed by atoms with Gasteiger partial charge in [-0.2, -0.15) is 0 Å². The van der Waals surface area contributed by atoms with Crippen LogP contribution in [-0.4, -0.2) is 64.0 Å². The zero-order valence-corrected chi connectivity index (χ0v) is 12.9. The topological polar surface area (TPSA) is 46.1 Å². The molecule has 2 fully saturated rings. The monoisotopic (exact) mass is 283 g/mol. The molecule has 5 heteroatoms. The Balaban J connectivity index is 1.54. The first-order valence-electron chi connectivity index (χ1n) is 7.90. The van der Waals surface area contributed by atoms with Crippen LogP contribution in [0.1, 0.15) is 32.1 Å². The van der Waals surface area contributed by atoms with Crippen molar-refractivity contribution in [1.82, 2.24) is 10.2 Å². The maximum atomic E-state index is 5.66. The third-order valence-corrected chi connectivity index (χ3v) is 3.97. The van der Waals surface area contributed by atoms with Crippen LogP contribution in [0.2, 0.25) is 0 Å². The molecule has 20 heavy (non-hydrogen) atoms. The summed E-state index contributed by atoms with van der Waals surface area (Å²) in [7, 11) is 3.89. The Morgan fingerprint density at radius 3 is 2.90 bits per heavy atom. The largest absolute Gasteiger partial charge is 0.379 e. The minimum atomic E-state index is 0.438. The fourth-order valence-corrected chi connectivity index (χ4v) is 2.44. The third kappa shape index (κ3) is 5.67. The summed E-state index contributed by atoms with van der Waals surface area (Å²) in [6, 6.07) is 0. The molecule has 0 aromatic carbocycles. The maximum Gasteiger partial charge on any atom is 0.193 e. The van der Waals surface area contributed by atoms with Crippen molar-refractivity contribution in [2.45, 2.75) is 38.2 Å². The average Bonchev–Trinajstić information content (AvgIpc) is 3.14. The van der Waals surface area contributed by atoms with Crippen molar-refractivity contribution in [1.29, 1.82) is 0 Å². The van der Waals surface area contributed by atoms with Crippen LogP contribution < -0.4 is 5.32 Å². The summed E-state index contributed by atoms with van der Waals surface area (Å²) in [5.74, 6) is 1.78. The highest BCUT2D eigenvalue weighted by molar-refractivity contribution is 5.79. The van der Waals surface area contributed by atoms with Gasteiger partial charge in [0.25, 0.3) is 0 Å². The second-order valence-electron chi connectivity index (χ2n) is 5.84. The number of rotatable bonds is 8. The number of nitrogens with zero attached hydrogens (tertiary/aromatic N) is 2. The number of likely N-dealkylation sites (N-methyl/N-ethyl adjacent to an activating group) is 1. The minimum Gasteiger partial charge on any atom is -0.379 e. The van der Waals surface area contributed by atoms with Gasteiger partial charge in [-0.15, -0.1) is 0 Å². The van der Waals surface area contributed by atoms with E-state index in [-0.39, 0.29) is 0 Å². The standard InChI is InChI=1S/C15H29N3O2/c1-16-15(17-8-7-14-4-3-10-20-14)18(2)9-11-19-12-13-5-6-13/h13-14H,3-12H2,1-2H3,(H,16,17). The van der Waals surface area contributed by atoms with Crippen LogP contribution in [0.5, 0.6) is 0 Å². The molecule has 0 radical (unpaired) electrons. The van der Waals surface area contributed by atoms with Gasteiger partial charge in [-0.1, -0.05) is 0 Å². The van der Waals surface area contributed by atoms with E-state index in [2.05, 4.69) is 22.3 Å². The van der Waals surface area contributed by atoms with Crippen molar-refractivity contribution in [3.8, 4) is 0 Å². The predicted octanol–water partition coefficient (Wildman–Crippen LogP) is 1.49. The van der Waals surface area contributed by atoms with Gasteiger partial charge < -0.3 is 19.7 Å². The molecule has 1 saturated carbocycles. The molecule has 1 unspecified atom stereocenters. The molecule has 0 amide bonds. The van der Waals surface area contributed by atoms with Crippen LogP contribution in [0.25, 0.3) is 0 Å². The van der Waals surface area contributed by atoms with Gasteiger partial charge >= 0.3 is 0 Å². The van der Waals surface area contributed by atoms with Crippen LogP contribution in [-0.2, 0) is 9.47 Å². The van der Waals surface area contributed by atoms with E-state index in [9.17, 15) is 0 Å². The number of ether oxygens (including phenoxy) is 2. The molecule has 2 aliphatic rings. The lowest BCUT2D eigenvalue weighted by molar-refractivity contribution is 0.104. The number of hydrogen-bond acceptors (Lipinski definition) is 3. The van der Waals surface area contributed by atoms with Gasteiger partial charge in [0.15, 0.2) is 5.96 Å². The van der Waals surface area contributed by atoms with E-state index < -0.39 is 0 Å². The Bertz CT molecular complexity index is 299. The second-order valence-corrected chi connectivity index (χ2v) is 5.84. The highest BCUT2D eigenvalue weighted by Crippen LogP contribution is 2.28. The molecule has 1 saturated heterocycles. The molecule has 0 aromatic heterocycles. The first-order chi connectivity index (χ1) is 9.79. The highest BCUT2D eigenvalue weighted by Gasteiger charge is 2.21. The maximum absolute atomic E-state index is 5.66. The lowest BCUT2D eigenvalue weighted by Gasteiger charge is -2.22. The molecule has 1 N–H and O–H groups in total. The SMILES string of the molecule is CN=C(NCCC1CCCO1)N(C)CCOCC1CC1. The molecule has 0 spiro atoms. The molecule has 2 rings (SSSR count). The van der Waals surface area contributed by atoms with Gasteiger partial charge in [-0.25, -0.2) is 0 Å². The Morgan fingerprint density at radius 1 is 1.40 bits per heavy atom. The summed E-state index contributed by atoms with van der Waals surface area (Å²) < 4.78 is 11.3. The van der Waals surface area contributed by atoms with Crippen molar-refractivity contribution in [2.75, 3.05) is 47.0 Å². The molecule has 1 atom stereocenters. The van der Waals surface area contributed by atoms with E-state index in [0.29, 0.717) is 6.10 Å². The van der Waals surface area contributed by atoms with Crippen LogP contribution in [0.15, 0.2) is 4.99 Å². The lowest BCUT2D eigenvalue weighted by atomic mass is 10.2. The van der Waals surface area contributed by atoms with Crippen molar-refractivity contribution in [3.63, 3.8) is 0 Å². The van der Waals surface area contributed by atoms with Gasteiger partial charge in [0.2, 0.25) is 0 Å². The number of guanidine groups is 1. The third-order valence-electron chi connectivity index (χ3n) is 3.97. The first-order valence-corrected chi connectivity index (χ1v) is 7.90. The predicted molar refractivity (Wildman–Crippen MR) is 81.1 cm³/mol. The van der Waals surface area contributed by atoms with Gasteiger partial charge in [0.1, 0.15) is 0 Å². The Labute approximate surface area is 122 Å². The summed E-state index contributed by atoms with van der Waals surface area (Å²) in [4.78, 5) is 6.44. The van der Waals surface area contributed by atoms with Crippen LogP contribution in [0.4, 0.5) is 0 Å². The van der Waals surface area contributed by atoms with Gasteiger partial charge in [0.05, 0.1) is 12.7 Å². The summed E-state index contributed by atoms with van der Waals surface area (Å²) in [5, 5.41) is 3.40. The van der Waals surface area contributed by atoms with E-state index in [1.807, 2.05) is 7.05 Å². The molecule has 5 nitrogen and oxygen atoms in total. The minimum absolute atomic E-state index is 0.438. The summed E-state index contributed by atoms with van der Waals surface area (Å²) in [6.45, 7) is 4.44. The van der Waals surface area contributed by atoms with Gasteiger partial charge in [-0.3, -0.25) is 4.99 Å². The fourth-order valence-electron chi connectivity index (χ4n) is 2.44. The molecule has 0 bridgehead atoms. The average molecular weight is 283 g/mol. The van der Waals surface area contributed by atoms with Crippen LogP contribution >= 0.6 is 0 Å². The molecule has 0 aromatic rings. The smallest absolute Gasteiger partial charge is 0.193 e. The van der Waals surface area contributed by atoms with Gasteiger partial charge in [-0.05, 0) is 38.0 Å². The molecule has 116 valence electrons. The van der Waals surface area contributed by atoms with E-state index in [1.165, 1.54) is 25.7 Å². The Morgan fingerprint density at radius 2 is 2.25 bits per heavy atom.